The predicted molar refractivity (Wildman–Crippen MR) is 113 cm³/mol. The van der Waals surface area contributed by atoms with Crippen molar-refractivity contribution < 1.29 is 14.6 Å². The molecule has 0 atom stereocenters. The number of benzene rings is 3. The first-order chi connectivity index (χ1) is 13.6. The van der Waals surface area contributed by atoms with E-state index >= 15 is 0 Å². The summed E-state index contributed by atoms with van der Waals surface area (Å²) in [6.45, 7) is 0. The first-order valence-electron chi connectivity index (χ1n) is 8.59. The molecule has 2 N–H and O–H groups in total. The van der Waals surface area contributed by atoms with Gasteiger partial charge in [0.15, 0.2) is 11.5 Å². The number of halogens is 1. The molecule has 0 aliphatic rings. The fourth-order valence-electron chi connectivity index (χ4n) is 2.86. The third-order valence-electron chi connectivity index (χ3n) is 4.20. The molecule has 3 aromatic carbocycles. The van der Waals surface area contributed by atoms with Crippen molar-refractivity contribution in [3.63, 3.8) is 0 Å². The number of rotatable bonds is 6. The Morgan fingerprint density at radius 2 is 1.64 bits per heavy atom. The molecule has 28 heavy (non-hydrogen) atoms. The van der Waals surface area contributed by atoms with E-state index in [0.29, 0.717) is 11.3 Å². The summed E-state index contributed by atoms with van der Waals surface area (Å²) in [7, 11) is 1.47. The minimum absolute atomic E-state index is 0.0497. The highest BCUT2D eigenvalue weighted by atomic mass is 79.9. The monoisotopic (exact) mass is 438 g/mol. The maximum atomic E-state index is 12.9. The highest BCUT2D eigenvalue weighted by molar-refractivity contribution is 9.10. The molecule has 5 nitrogen and oxygen atoms in total. The van der Waals surface area contributed by atoms with Gasteiger partial charge in [0, 0.05) is 10.0 Å². The number of amides is 1. The molecule has 0 saturated carbocycles. The van der Waals surface area contributed by atoms with Crippen LogP contribution in [0.1, 0.15) is 22.6 Å². The Labute approximate surface area is 171 Å². The number of hydrogen-bond donors (Lipinski definition) is 2. The SMILES string of the molecule is COc1cc(Br)cc(/C=N\NC(=O)C(c2ccccc2)c2ccccc2)c1O. The van der Waals surface area contributed by atoms with Crippen molar-refractivity contribution >= 4 is 28.1 Å². The van der Waals surface area contributed by atoms with Gasteiger partial charge in [-0.1, -0.05) is 76.6 Å². The highest BCUT2D eigenvalue weighted by Crippen LogP contribution is 2.32. The van der Waals surface area contributed by atoms with Gasteiger partial charge in [-0.2, -0.15) is 5.10 Å². The lowest BCUT2D eigenvalue weighted by molar-refractivity contribution is -0.121. The van der Waals surface area contributed by atoms with Gasteiger partial charge < -0.3 is 9.84 Å². The number of carbonyl (C=O) groups excluding carboxylic acids is 1. The highest BCUT2D eigenvalue weighted by Gasteiger charge is 2.22. The summed E-state index contributed by atoms with van der Waals surface area (Å²) in [5.74, 6) is -0.500. The third kappa shape index (κ3) is 4.58. The van der Waals surface area contributed by atoms with Crippen LogP contribution in [0.3, 0.4) is 0 Å². The Kier molecular flexibility index (Phi) is 6.45. The smallest absolute Gasteiger partial charge is 0.252 e. The quantitative estimate of drug-likeness (QED) is 0.441. The van der Waals surface area contributed by atoms with Crippen LogP contribution in [0, 0.1) is 0 Å². The molecule has 0 aliphatic heterocycles. The van der Waals surface area contributed by atoms with Gasteiger partial charge in [-0.15, -0.1) is 0 Å². The van der Waals surface area contributed by atoms with Crippen LogP contribution in [0.4, 0.5) is 0 Å². The lowest BCUT2D eigenvalue weighted by atomic mass is 9.91. The van der Waals surface area contributed by atoms with E-state index in [1.54, 1.807) is 12.1 Å². The molecule has 0 unspecified atom stereocenters. The van der Waals surface area contributed by atoms with Crippen LogP contribution in [0.2, 0.25) is 0 Å². The number of nitrogens with zero attached hydrogens (tertiary/aromatic N) is 1. The summed E-state index contributed by atoms with van der Waals surface area (Å²) in [4.78, 5) is 12.9. The fourth-order valence-corrected chi connectivity index (χ4v) is 3.32. The van der Waals surface area contributed by atoms with Crippen LogP contribution in [0.15, 0.2) is 82.4 Å². The predicted octanol–water partition coefficient (Wildman–Crippen LogP) is 4.45. The van der Waals surface area contributed by atoms with Gasteiger partial charge in [-0.05, 0) is 23.3 Å². The second-order valence-corrected chi connectivity index (χ2v) is 6.95. The van der Waals surface area contributed by atoms with Gasteiger partial charge in [0.05, 0.1) is 19.2 Å². The maximum absolute atomic E-state index is 12.9. The standard InChI is InChI=1S/C22H19BrN2O3/c1-28-19-13-18(23)12-17(21(19)26)14-24-25-22(27)20(15-8-4-2-5-9-15)16-10-6-3-7-11-16/h2-14,20,26H,1H3,(H,25,27)/b24-14-. The topological polar surface area (TPSA) is 70.9 Å². The fraction of sp³-hybridized carbons (Fsp3) is 0.0909. The molecular formula is C22H19BrN2O3. The summed E-state index contributed by atoms with van der Waals surface area (Å²) in [6.07, 6.45) is 1.38. The Bertz CT molecular complexity index is 936. The molecule has 3 rings (SSSR count). The number of phenols is 1. The van der Waals surface area contributed by atoms with Gasteiger partial charge >= 0.3 is 0 Å². The van der Waals surface area contributed by atoms with Crippen molar-refractivity contribution in [2.75, 3.05) is 7.11 Å². The summed E-state index contributed by atoms with van der Waals surface area (Å²) < 4.78 is 5.84. The number of nitrogens with one attached hydrogen (secondary N) is 1. The van der Waals surface area contributed by atoms with Crippen LogP contribution in [-0.2, 0) is 4.79 Å². The third-order valence-corrected chi connectivity index (χ3v) is 4.65. The molecule has 3 aromatic rings. The number of hydrazone groups is 1. The van der Waals surface area contributed by atoms with Crippen LogP contribution in [0.5, 0.6) is 11.5 Å². The van der Waals surface area contributed by atoms with Crippen LogP contribution < -0.4 is 10.2 Å². The maximum Gasteiger partial charge on any atom is 0.252 e. The van der Waals surface area contributed by atoms with Crippen molar-refractivity contribution in [3.05, 3.63) is 94.0 Å². The first kappa shape index (κ1) is 19.6. The average Bonchev–Trinajstić information content (AvgIpc) is 2.72. The molecule has 0 spiro atoms. The van der Waals surface area contributed by atoms with E-state index in [9.17, 15) is 9.90 Å². The Morgan fingerprint density at radius 1 is 1.07 bits per heavy atom. The molecular weight excluding hydrogens is 420 g/mol. The zero-order valence-corrected chi connectivity index (χ0v) is 16.8. The number of ether oxygens (including phenoxy) is 1. The van der Waals surface area contributed by atoms with Gasteiger partial charge in [-0.3, -0.25) is 4.79 Å². The van der Waals surface area contributed by atoms with Crippen molar-refractivity contribution in [2.24, 2.45) is 5.10 Å². The van der Waals surface area contributed by atoms with E-state index in [-0.39, 0.29) is 11.7 Å². The summed E-state index contributed by atoms with van der Waals surface area (Å²) in [6, 6.07) is 22.4. The van der Waals surface area contributed by atoms with E-state index in [4.69, 9.17) is 4.74 Å². The van der Waals surface area contributed by atoms with Crippen LogP contribution >= 0.6 is 15.9 Å². The molecule has 0 bridgehead atoms. The van der Waals surface area contributed by atoms with Crippen molar-refractivity contribution in [1.29, 1.82) is 0 Å². The van der Waals surface area contributed by atoms with Crippen molar-refractivity contribution in [2.45, 2.75) is 5.92 Å². The van der Waals surface area contributed by atoms with Crippen molar-refractivity contribution in [1.82, 2.24) is 5.43 Å². The Balaban J connectivity index is 1.84. The molecule has 0 radical (unpaired) electrons. The van der Waals surface area contributed by atoms with Gasteiger partial charge in [0.2, 0.25) is 0 Å². The second-order valence-electron chi connectivity index (χ2n) is 6.03. The molecule has 142 valence electrons. The number of carbonyl (C=O) groups is 1. The van der Waals surface area contributed by atoms with E-state index in [0.717, 1.165) is 15.6 Å². The van der Waals surface area contributed by atoms with Crippen LogP contribution in [-0.4, -0.2) is 24.3 Å². The van der Waals surface area contributed by atoms with Gasteiger partial charge in [-0.25, -0.2) is 5.43 Å². The van der Waals surface area contributed by atoms with Crippen molar-refractivity contribution in [3.8, 4) is 11.5 Å². The molecule has 0 heterocycles. The molecule has 1 amide bonds. The minimum Gasteiger partial charge on any atom is -0.504 e. The largest absolute Gasteiger partial charge is 0.504 e. The Hall–Kier alpha value is -3.12. The van der Waals surface area contributed by atoms with E-state index in [1.165, 1.54) is 13.3 Å². The lowest BCUT2D eigenvalue weighted by Gasteiger charge is -2.16. The van der Waals surface area contributed by atoms with E-state index < -0.39 is 5.92 Å². The summed E-state index contributed by atoms with van der Waals surface area (Å²) >= 11 is 3.35. The average molecular weight is 439 g/mol. The van der Waals surface area contributed by atoms with E-state index in [2.05, 4.69) is 26.5 Å². The molecule has 0 saturated heterocycles. The summed E-state index contributed by atoms with van der Waals surface area (Å²) in [5.41, 5.74) is 4.73. The molecule has 0 aliphatic carbocycles. The number of phenolic OH excluding ortho intramolecular Hbond substituents is 1. The normalized spacial score (nSPS) is 11.0. The number of hydrogen-bond acceptors (Lipinski definition) is 4. The van der Waals surface area contributed by atoms with E-state index in [1.807, 2.05) is 60.7 Å². The van der Waals surface area contributed by atoms with Crippen LogP contribution in [0.25, 0.3) is 0 Å². The zero-order valence-electron chi connectivity index (χ0n) is 15.2. The number of methoxy groups -OCH3 is 1. The minimum atomic E-state index is -0.495. The summed E-state index contributed by atoms with van der Waals surface area (Å²) in [5, 5.41) is 14.2. The van der Waals surface area contributed by atoms with Gasteiger partial charge in [0.1, 0.15) is 0 Å². The first-order valence-corrected chi connectivity index (χ1v) is 9.38. The Morgan fingerprint density at radius 3 is 2.18 bits per heavy atom. The molecule has 0 aromatic heterocycles. The lowest BCUT2D eigenvalue weighted by Crippen LogP contribution is -2.26. The molecule has 0 fully saturated rings. The molecule has 6 heteroatoms. The van der Waals surface area contributed by atoms with Gasteiger partial charge in [0.25, 0.3) is 5.91 Å². The number of aromatic hydroxyl groups is 1. The second kappa shape index (κ2) is 9.19. The zero-order chi connectivity index (χ0) is 19.9.